The Morgan fingerprint density at radius 1 is 0.360 bits per heavy atom. The molecule has 6 N–H and O–H groups in total. The van der Waals surface area contributed by atoms with Gasteiger partial charge in [-0.1, -0.05) is 0 Å². The number of carboxylic acids is 6. The molecule has 25 heavy (non-hydrogen) atoms. The molecular formula is C12H6DyO12. The molecule has 136 valence electrons. The van der Waals surface area contributed by atoms with Crippen LogP contribution >= 0.6 is 0 Å². The van der Waals surface area contributed by atoms with Crippen LogP contribution in [0.15, 0.2) is 0 Å². The van der Waals surface area contributed by atoms with Crippen LogP contribution in [0.2, 0.25) is 0 Å². The van der Waals surface area contributed by atoms with Crippen molar-refractivity contribution in [2.24, 2.45) is 0 Å². The van der Waals surface area contributed by atoms with Gasteiger partial charge in [0.15, 0.2) is 0 Å². The van der Waals surface area contributed by atoms with E-state index in [9.17, 15) is 28.8 Å². The van der Waals surface area contributed by atoms with E-state index in [1.807, 2.05) is 0 Å². The summed E-state index contributed by atoms with van der Waals surface area (Å²) in [4.78, 5) is 67.3. The van der Waals surface area contributed by atoms with Crippen LogP contribution in [0.5, 0.6) is 0 Å². The first-order valence-corrected chi connectivity index (χ1v) is 5.57. The van der Waals surface area contributed by atoms with Gasteiger partial charge in [0.1, 0.15) is 0 Å². The van der Waals surface area contributed by atoms with Crippen molar-refractivity contribution in [3.8, 4) is 0 Å². The van der Waals surface area contributed by atoms with Gasteiger partial charge in [-0.2, -0.15) is 0 Å². The summed E-state index contributed by atoms with van der Waals surface area (Å²) in [5.74, 6) is -13.5. The van der Waals surface area contributed by atoms with E-state index in [1.165, 1.54) is 0 Å². The average Bonchev–Trinajstić information content (AvgIpc) is 2.42. The zero-order valence-electron chi connectivity index (χ0n) is 11.4. The van der Waals surface area contributed by atoms with Crippen molar-refractivity contribution in [3.63, 3.8) is 0 Å². The van der Waals surface area contributed by atoms with Gasteiger partial charge in [-0.15, -0.1) is 0 Å². The Balaban J connectivity index is 0.00000576. The second-order valence-electron chi connectivity index (χ2n) is 4.08. The SMILES string of the molecule is O=C(O)c1c(C(=O)O)c(C(=O)O)c(C(=O)O)c(C(=O)O)c1C(=O)O.[Dy]. The maximum absolute atomic E-state index is 11.2. The molecule has 0 aliphatic heterocycles. The van der Waals surface area contributed by atoms with Gasteiger partial charge in [0.2, 0.25) is 0 Å². The van der Waals surface area contributed by atoms with Crippen molar-refractivity contribution < 1.29 is 97.6 Å². The van der Waals surface area contributed by atoms with Gasteiger partial charge in [-0.3, -0.25) is 0 Å². The van der Waals surface area contributed by atoms with Gasteiger partial charge >= 0.3 is 35.8 Å². The van der Waals surface area contributed by atoms with Crippen molar-refractivity contribution >= 4 is 35.8 Å². The Hall–Kier alpha value is -2.69. The average molecular weight is 505 g/mol. The second kappa shape index (κ2) is 7.92. The van der Waals surface area contributed by atoms with Crippen LogP contribution in [0, 0.1) is 38.2 Å². The first kappa shape index (κ1) is 22.3. The van der Waals surface area contributed by atoms with Crippen LogP contribution in [0.3, 0.4) is 0 Å². The Labute approximate surface area is 166 Å². The normalized spacial score (nSPS) is 9.60. The van der Waals surface area contributed by atoms with E-state index in [-0.39, 0.29) is 38.2 Å². The summed E-state index contributed by atoms with van der Waals surface area (Å²) in [5.41, 5.74) is -9.95. The number of aromatic carboxylic acids is 6. The summed E-state index contributed by atoms with van der Waals surface area (Å²) >= 11 is 0. The van der Waals surface area contributed by atoms with Crippen molar-refractivity contribution in [1.29, 1.82) is 0 Å². The van der Waals surface area contributed by atoms with Crippen LogP contribution in [0.1, 0.15) is 62.1 Å². The molecule has 0 aromatic heterocycles. The molecule has 0 amide bonds. The molecule has 1 rings (SSSR count). The summed E-state index contributed by atoms with van der Waals surface area (Å²) < 4.78 is 0. The summed E-state index contributed by atoms with van der Waals surface area (Å²) in [6.07, 6.45) is 0. The Kier molecular flexibility index (Phi) is 7.07. The summed E-state index contributed by atoms with van der Waals surface area (Å²) in [6.45, 7) is 0. The monoisotopic (exact) mass is 506 g/mol. The predicted octanol–water partition coefficient (Wildman–Crippen LogP) is -0.124. The van der Waals surface area contributed by atoms with Crippen LogP contribution in [0.25, 0.3) is 0 Å². The van der Waals surface area contributed by atoms with Gasteiger partial charge in [0, 0.05) is 38.2 Å². The molecule has 0 saturated heterocycles. The third-order valence-corrected chi connectivity index (χ3v) is 2.78. The van der Waals surface area contributed by atoms with E-state index >= 15 is 0 Å². The van der Waals surface area contributed by atoms with Gasteiger partial charge in [-0.05, 0) is 0 Å². The van der Waals surface area contributed by atoms with E-state index in [2.05, 4.69) is 0 Å². The minimum Gasteiger partial charge on any atom is -0.478 e. The zero-order valence-corrected chi connectivity index (χ0v) is 13.5. The van der Waals surface area contributed by atoms with E-state index in [4.69, 9.17) is 30.6 Å². The molecule has 0 spiro atoms. The quantitative estimate of drug-likeness (QED) is 0.298. The molecule has 12 nitrogen and oxygen atoms in total. The number of hydrogen-bond donors (Lipinski definition) is 6. The van der Waals surface area contributed by atoms with E-state index in [0.29, 0.717) is 0 Å². The predicted molar refractivity (Wildman–Crippen MR) is 68.2 cm³/mol. The fourth-order valence-electron chi connectivity index (χ4n) is 2.03. The minimum absolute atomic E-state index is 0. The number of benzene rings is 1. The topological polar surface area (TPSA) is 224 Å². The van der Waals surface area contributed by atoms with Crippen molar-refractivity contribution in [1.82, 2.24) is 0 Å². The molecule has 0 unspecified atom stereocenters. The van der Waals surface area contributed by atoms with Gasteiger partial charge < -0.3 is 30.6 Å². The van der Waals surface area contributed by atoms with Crippen molar-refractivity contribution in [3.05, 3.63) is 33.4 Å². The largest absolute Gasteiger partial charge is 0.478 e. The molecule has 0 aliphatic rings. The van der Waals surface area contributed by atoms with Gasteiger partial charge in [0.05, 0.1) is 33.4 Å². The molecule has 1 aromatic rings. The standard InChI is InChI=1S/C12H6O12.Dy/c13-7(14)1-2(8(15)16)4(10(19)20)6(12(23)24)5(11(21)22)3(1)9(17)18;/h(H,13,14)(H,15,16)(H,17,18)(H,19,20)(H,21,22)(H,23,24);. The van der Waals surface area contributed by atoms with Crippen molar-refractivity contribution in [2.75, 3.05) is 0 Å². The fraction of sp³-hybridized carbons (Fsp3) is 0. The van der Waals surface area contributed by atoms with Crippen LogP contribution < -0.4 is 0 Å². The number of carbonyl (C=O) groups is 6. The van der Waals surface area contributed by atoms with E-state index in [0.717, 1.165) is 0 Å². The van der Waals surface area contributed by atoms with Crippen LogP contribution in [-0.4, -0.2) is 66.5 Å². The molecule has 0 fully saturated rings. The molecule has 0 atom stereocenters. The fourth-order valence-corrected chi connectivity index (χ4v) is 2.03. The molecule has 0 saturated carbocycles. The third-order valence-electron chi connectivity index (χ3n) is 2.78. The molecule has 0 aliphatic carbocycles. The summed E-state index contributed by atoms with van der Waals surface area (Å²) in [7, 11) is 0. The summed E-state index contributed by atoms with van der Waals surface area (Å²) in [5, 5.41) is 54.2. The summed E-state index contributed by atoms with van der Waals surface area (Å²) in [6, 6.07) is 0. The van der Waals surface area contributed by atoms with Gasteiger partial charge in [-0.25, -0.2) is 28.8 Å². The first-order valence-electron chi connectivity index (χ1n) is 5.57. The maximum atomic E-state index is 11.2. The Morgan fingerprint density at radius 3 is 0.480 bits per heavy atom. The molecule has 0 bridgehead atoms. The third kappa shape index (κ3) is 3.87. The zero-order chi connectivity index (χ0) is 18.9. The van der Waals surface area contributed by atoms with Gasteiger partial charge in [0.25, 0.3) is 0 Å². The molecule has 0 heterocycles. The Bertz CT molecular complexity index is 639. The van der Waals surface area contributed by atoms with E-state index < -0.39 is 69.2 Å². The number of hydrogen-bond acceptors (Lipinski definition) is 6. The second-order valence-corrected chi connectivity index (χ2v) is 4.08. The van der Waals surface area contributed by atoms with Crippen molar-refractivity contribution in [2.45, 2.75) is 0 Å². The van der Waals surface area contributed by atoms with Crippen LogP contribution in [-0.2, 0) is 0 Å². The van der Waals surface area contributed by atoms with Crippen LogP contribution in [0.4, 0.5) is 0 Å². The number of rotatable bonds is 6. The first-order chi connectivity index (χ1) is 10.9. The smallest absolute Gasteiger partial charge is 0.337 e. The molecule has 0 radical (unpaired) electrons. The molecular weight excluding hydrogens is 499 g/mol. The van der Waals surface area contributed by atoms with E-state index in [1.54, 1.807) is 0 Å². The number of carboxylic acid groups (broad SMARTS) is 6. The molecule has 1 aromatic carbocycles. The Morgan fingerprint density at radius 2 is 0.440 bits per heavy atom. The molecule has 13 heteroatoms. The minimum atomic E-state index is -2.26. The maximum Gasteiger partial charge on any atom is 0.337 e.